The van der Waals surface area contributed by atoms with Gasteiger partial charge in [-0.2, -0.15) is 20.1 Å². The van der Waals surface area contributed by atoms with Crippen LogP contribution in [0.3, 0.4) is 0 Å². The Morgan fingerprint density at radius 2 is 1.59 bits per heavy atom. The Morgan fingerprint density at radius 1 is 0.946 bits per heavy atom. The van der Waals surface area contributed by atoms with Crippen molar-refractivity contribution in [1.29, 1.82) is 0 Å². The maximum Gasteiger partial charge on any atom is 0.250 e. The molecule has 0 amide bonds. The van der Waals surface area contributed by atoms with Crippen molar-refractivity contribution in [3.05, 3.63) is 63.9 Å². The van der Waals surface area contributed by atoms with Crippen molar-refractivity contribution in [2.45, 2.75) is 6.61 Å². The van der Waals surface area contributed by atoms with Crippen molar-refractivity contribution < 1.29 is 18.6 Å². The zero-order chi connectivity index (χ0) is 25.5. The van der Waals surface area contributed by atoms with E-state index < -0.39 is 0 Å². The number of hydrogen-bond donors (Lipinski definition) is 1. The number of benzene rings is 2. The van der Waals surface area contributed by atoms with Crippen molar-refractivity contribution in [1.82, 2.24) is 15.0 Å². The smallest absolute Gasteiger partial charge is 0.250 e. The lowest BCUT2D eigenvalue weighted by Crippen LogP contribution is -2.40. The van der Waals surface area contributed by atoms with E-state index in [1.54, 1.807) is 24.4 Å². The molecule has 2 aromatic carbocycles. The Hall–Kier alpha value is -3.35. The third-order valence-corrected chi connectivity index (χ3v) is 6.37. The number of hydrazone groups is 1. The van der Waals surface area contributed by atoms with Crippen molar-refractivity contribution in [3.63, 3.8) is 0 Å². The molecule has 194 valence electrons. The van der Waals surface area contributed by atoms with Crippen LogP contribution < -0.4 is 20.0 Å². The van der Waals surface area contributed by atoms with Crippen LogP contribution in [0.5, 0.6) is 5.75 Å². The van der Waals surface area contributed by atoms with Gasteiger partial charge in [-0.25, -0.2) is 9.82 Å². The van der Waals surface area contributed by atoms with E-state index in [1.165, 1.54) is 6.07 Å². The highest BCUT2D eigenvalue weighted by Crippen LogP contribution is 2.24. The first kappa shape index (κ1) is 25.3. The summed E-state index contributed by atoms with van der Waals surface area (Å²) in [7, 11) is 0. The first-order chi connectivity index (χ1) is 18.2. The molecule has 0 atom stereocenters. The van der Waals surface area contributed by atoms with Gasteiger partial charge in [-0.15, -0.1) is 0 Å². The maximum atomic E-state index is 14.0. The van der Waals surface area contributed by atoms with E-state index in [0.29, 0.717) is 87.3 Å². The molecular weight excluding hydrogens is 545 g/mol. The molecule has 0 radical (unpaired) electrons. The average molecular weight is 572 g/mol. The predicted octanol–water partition coefficient (Wildman–Crippen LogP) is 3.47. The fraction of sp³-hybridized carbons (Fsp3) is 0.360. The van der Waals surface area contributed by atoms with Crippen LogP contribution in [0, 0.1) is 5.82 Å². The minimum Gasteiger partial charge on any atom is -0.488 e. The standard InChI is InChI=1S/C25H27BrFN7O3/c26-20-5-6-22(37-17-18-3-1-2-4-21(18)27)19(15-20)16-28-32-23-29-24(33-7-11-35-12-8-33)31-25(30-23)34-9-13-36-14-10-34/h1-6,15-16H,7-14,17H2,(H,29,30,31,32)/b28-16+. The SMILES string of the molecule is Fc1ccccc1COc1ccc(Br)cc1/C=N/Nc1nc(N2CCOCC2)nc(N2CCOCC2)n1. The number of aromatic nitrogens is 3. The minimum atomic E-state index is -0.307. The van der Waals surface area contributed by atoms with Crippen molar-refractivity contribution in [2.75, 3.05) is 67.8 Å². The lowest BCUT2D eigenvalue weighted by atomic mass is 10.2. The molecule has 0 spiro atoms. The third-order valence-electron chi connectivity index (χ3n) is 5.88. The molecule has 2 aliphatic rings. The molecule has 1 aromatic heterocycles. The Labute approximate surface area is 222 Å². The highest BCUT2D eigenvalue weighted by molar-refractivity contribution is 9.10. The molecule has 12 heteroatoms. The fourth-order valence-electron chi connectivity index (χ4n) is 3.90. The number of ether oxygens (including phenoxy) is 3. The molecule has 0 bridgehead atoms. The maximum absolute atomic E-state index is 14.0. The van der Waals surface area contributed by atoms with Gasteiger partial charge in [0.1, 0.15) is 18.2 Å². The number of nitrogens with one attached hydrogen (secondary N) is 1. The molecule has 0 aliphatic carbocycles. The van der Waals surface area contributed by atoms with E-state index in [0.717, 1.165) is 4.47 Å². The zero-order valence-corrected chi connectivity index (χ0v) is 21.7. The summed E-state index contributed by atoms with van der Waals surface area (Å²) in [6.45, 7) is 5.41. The summed E-state index contributed by atoms with van der Waals surface area (Å²) >= 11 is 3.49. The first-order valence-corrected chi connectivity index (χ1v) is 12.8. The van der Waals surface area contributed by atoms with Gasteiger partial charge in [0, 0.05) is 41.8 Å². The van der Waals surface area contributed by atoms with Gasteiger partial charge in [0.25, 0.3) is 0 Å². The van der Waals surface area contributed by atoms with E-state index >= 15 is 0 Å². The van der Waals surface area contributed by atoms with Crippen LogP contribution in [0.2, 0.25) is 0 Å². The number of nitrogens with zero attached hydrogens (tertiary/aromatic N) is 6. The molecule has 2 fully saturated rings. The van der Waals surface area contributed by atoms with E-state index in [2.05, 4.69) is 46.2 Å². The normalized spacial score (nSPS) is 16.3. The monoisotopic (exact) mass is 571 g/mol. The van der Waals surface area contributed by atoms with Crippen molar-refractivity contribution >= 4 is 40.0 Å². The van der Waals surface area contributed by atoms with Gasteiger partial charge in [0.2, 0.25) is 17.8 Å². The zero-order valence-electron chi connectivity index (χ0n) is 20.1. The number of halogens is 2. The van der Waals surface area contributed by atoms with Gasteiger partial charge < -0.3 is 24.0 Å². The first-order valence-electron chi connectivity index (χ1n) is 12.0. The Bertz CT molecular complexity index is 1200. The molecule has 2 saturated heterocycles. The van der Waals surface area contributed by atoms with Crippen LogP contribution in [0.4, 0.5) is 22.2 Å². The highest BCUT2D eigenvalue weighted by Gasteiger charge is 2.20. The van der Waals surface area contributed by atoms with Crippen molar-refractivity contribution in [3.8, 4) is 5.75 Å². The number of hydrogen-bond acceptors (Lipinski definition) is 10. The molecule has 3 heterocycles. The molecule has 2 aliphatic heterocycles. The quantitative estimate of drug-likeness (QED) is 0.322. The molecule has 37 heavy (non-hydrogen) atoms. The van der Waals surface area contributed by atoms with Gasteiger partial charge in [0.05, 0.1) is 32.6 Å². The van der Waals surface area contributed by atoms with E-state index in [-0.39, 0.29) is 12.4 Å². The summed E-state index contributed by atoms with van der Waals surface area (Å²) in [5.74, 6) is 1.75. The summed E-state index contributed by atoms with van der Waals surface area (Å²) in [6.07, 6.45) is 1.62. The van der Waals surface area contributed by atoms with Crippen LogP contribution in [-0.4, -0.2) is 73.8 Å². The molecule has 5 rings (SSSR count). The molecular formula is C25H27BrFN7O3. The molecule has 10 nitrogen and oxygen atoms in total. The summed E-state index contributed by atoms with van der Waals surface area (Å²) in [5, 5.41) is 4.37. The second-order valence-electron chi connectivity index (χ2n) is 8.39. The number of rotatable bonds is 8. The highest BCUT2D eigenvalue weighted by atomic mass is 79.9. The third kappa shape index (κ3) is 6.70. The van der Waals surface area contributed by atoms with Gasteiger partial charge in [0.15, 0.2) is 0 Å². The summed E-state index contributed by atoms with van der Waals surface area (Å²) in [5.41, 5.74) is 4.12. The minimum absolute atomic E-state index is 0.0991. The fourth-order valence-corrected chi connectivity index (χ4v) is 4.27. The molecule has 3 aromatic rings. The predicted molar refractivity (Wildman–Crippen MR) is 142 cm³/mol. The molecule has 0 unspecified atom stereocenters. The number of anilines is 3. The summed E-state index contributed by atoms with van der Waals surface area (Å²) in [6, 6.07) is 12.1. The van der Waals surface area contributed by atoms with E-state index in [4.69, 9.17) is 19.2 Å². The Balaban J connectivity index is 1.34. The Morgan fingerprint density at radius 3 is 2.24 bits per heavy atom. The van der Waals surface area contributed by atoms with Crippen LogP contribution >= 0.6 is 15.9 Å². The van der Waals surface area contributed by atoms with Crippen LogP contribution in [0.1, 0.15) is 11.1 Å². The lowest BCUT2D eigenvalue weighted by Gasteiger charge is -2.30. The Kier molecular flexibility index (Phi) is 8.39. The molecule has 1 N–H and O–H groups in total. The van der Waals surface area contributed by atoms with Gasteiger partial charge in [-0.3, -0.25) is 0 Å². The van der Waals surface area contributed by atoms with E-state index in [1.807, 2.05) is 18.2 Å². The largest absolute Gasteiger partial charge is 0.488 e. The van der Waals surface area contributed by atoms with Crippen LogP contribution in [-0.2, 0) is 16.1 Å². The van der Waals surface area contributed by atoms with Gasteiger partial charge >= 0.3 is 0 Å². The topological polar surface area (TPSA) is 97.2 Å². The summed E-state index contributed by atoms with van der Waals surface area (Å²) < 4.78 is 31.7. The second-order valence-corrected chi connectivity index (χ2v) is 9.31. The van der Waals surface area contributed by atoms with Crippen LogP contribution in [0.15, 0.2) is 52.0 Å². The second kappa shape index (κ2) is 12.3. The molecule has 0 saturated carbocycles. The van der Waals surface area contributed by atoms with Crippen LogP contribution in [0.25, 0.3) is 0 Å². The van der Waals surface area contributed by atoms with E-state index in [9.17, 15) is 4.39 Å². The van der Waals surface area contributed by atoms with Gasteiger partial charge in [-0.05, 0) is 24.3 Å². The number of morpholine rings is 2. The van der Waals surface area contributed by atoms with Crippen molar-refractivity contribution in [2.24, 2.45) is 5.10 Å². The lowest BCUT2D eigenvalue weighted by molar-refractivity contribution is 0.121. The average Bonchev–Trinajstić information content (AvgIpc) is 2.94. The summed E-state index contributed by atoms with van der Waals surface area (Å²) in [4.78, 5) is 18.0. The van der Waals surface area contributed by atoms with Gasteiger partial charge in [-0.1, -0.05) is 34.1 Å².